The number of aromatic nitrogens is 2. The monoisotopic (exact) mass is 445 g/mol. The van der Waals surface area contributed by atoms with Crippen LogP contribution >= 0.6 is 0 Å². The molecule has 4 rings (SSSR count). The summed E-state index contributed by atoms with van der Waals surface area (Å²) < 4.78 is 51.6. The molecule has 1 saturated heterocycles. The molecule has 3 aromatic rings. The molecule has 1 fully saturated rings. The highest BCUT2D eigenvalue weighted by atomic mass is 32.2. The van der Waals surface area contributed by atoms with Crippen LogP contribution in [0.5, 0.6) is 5.75 Å². The van der Waals surface area contributed by atoms with Gasteiger partial charge in [0.15, 0.2) is 12.4 Å². The normalized spacial score (nSPS) is 15.8. The summed E-state index contributed by atoms with van der Waals surface area (Å²) in [6.45, 7) is 4.41. The zero-order chi connectivity index (χ0) is 22.0. The molecule has 1 aliphatic heterocycles. The van der Waals surface area contributed by atoms with Gasteiger partial charge in [-0.05, 0) is 62.6 Å². The lowest BCUT2D eigenvalue weighted by Crippen LogP contribution is -2.38. The van der Waals surface area contributed by atoms with Gasteiger partial charge in [-0.3, -0.25) is 0 Å². The van der Waals surface area contributed by atoms with Gasteiger partial charge in [-0.1, -0.05) is 22.9 Å². The lowest BCUT2D eigenvalue weighted by Gasteiger charge is -2.29. The summed E-state index contributed by atoms with van der Waals surface area (Å²) in [5.41, 5.74) is 1.46. The smallest absolute Gasteiger partial charge is 0.264 e. The maximum atomic E-state index is 13.5. The molecule has 1 aromatic heterocycles. The van der Waals surface area contributed by atoms with Gasteiger partial charge >= 0.3 is 0 Å². The van der Waals surface area contributed by atoms with E-state index in [0.717, 1.165) is 11.3 Å². The fourth-order valence-corrected chi connectivity index (χ4v) is 5.11. The summed E-state index contributed by atoms with van der Waals surface area (Å²) in [7, 11) is -3.66. The van der Waals surface area contributed by atoms with Crippen molar-refractivity contribution in [2.75, 3.05) is 13.1 Å². The van der Waals surface area contributed by atoms with Gasteiger partial charge in [-0.15, -0.1) is 0 Å². The first-order valence-corrected chi connectivity index (χ1v) is 11.5. The first-order chi connectivity index (χ1) is 14.8. The molecule has 164 valence electrons. The van der Waals surface area contributed by atoms with E-state index in [9.17, 15) is 12.8 Å². The van der Waals surface area contributed by atoms with Crippen molar-refractivity contribution in [2.24, 2.45) is 0 Å². The SMILES string of the molecule is Cc1ccc(OCc2nc(C3CCN(S(=O)(=O)c4ccc(F)c(C)c4)CC3)no2)cc1. The largest absolute Gasteiger partial charge is 0.484 e. The molecule has 9 heteroatoms. The molecule has 2 aromatic carbocycles. The van der Waals surface area contributed by atoms with Gasteiger partial charge in [0.25, 0.3) is 5.89 Å². The van der Waals surface area contributed by atoms with Crippen LogP contribution in [0, 0.1) is 19.7 Å². The summed E-state index contributed by atoms with van der Waals surface area (Å²) in [5, 5.41) is 4.06. The molecule has 7 nitrogen and oxygen atoms in total. The Balaban J connectivity index is 1.35. The van der Waals surface area contributed by atoms with Crippen LogP contribution in [-0.4, -0.2) is 36.0 Å². The highest BCUT2D eigenvalue weighted by molar-refractivity contribution is 7.89. The van der Waals surface area contributed by atoms with Gasteiger partial charge in [-0.2, -0.15) is 9.29 Å². The van der Waals surface area contributed by atoms with Crippen LogP contribution in [0.1, 0.15) is 41.6 Å². The Hall–Kier alpha value is -2.78. The van der Waals surface area contributed by atoms with Crippen LogP contribution in [0.2, 0.25) is 0 Å². The molecule has 0 spiro atoms. The van der Waals surface area contributed by atoms with E-state index in [1.54, 1.807) is 6.92 Å². The fraction of sp³-hybridized carbons (Fsp3) is 0.364. The maximum Gasteiger partial charge on any atom is 0.264 e. The Morgan fingerprint density at radius 1 is 1.13 bits per heavy atom. The maximum absolute atomic E-state index is 13.5. The summed E-state index contributed by atoms with van der Waals surface area (Å²) in [5.74, 6) is 1.26. The van der Waals surface area contributed by atoms with Crippen molar-refractivity contribution in [1.82, 2.24) is 14.4 Å². The molecule has 0 bridgehead atoms. The minimum absolute atomic E-state index is 0.0123. The number of benzene rings is 2. The quantitative estimate of drug-likeness (QED) is 0.571. The number of rotatable bonds is 6. The zero-order valence-corrected chi connectivity index (χ0v) is 18.2. The number of hydrogen-bond acceptors (Lipinski definition) is 6. The van der Waals surface area contributed by atoms with Crippen LogP contribution < -0.4 is 4.74 Å². The van der Waals surface area contributed by atoms with Crippen molar-refractivity contribution in [3.05, 3.63) is 71.1 Å². The predicted octanol–water partition coefficient (Wildman–Crippen LogP) is 3.97. The van der Waals surface area contributed by atoms with Gasteiger partial charge in [0.2, 0.25) is 10.0 Å². The molecular weight excluding hydrogens is 421 g/mol. The van der Waals surface area contributed by atoms with Crippen LogP contribution in [-0.2, 0) is 16.6 Å². The molecule has 0 N–H and O–H groups in total. The lowest BCUT2D eigenvalue weighted by molar-refractivity contribution is 0.241. The zero-order valence-electron chi connectivity index (χ0n) is 17.4. The average molecular weight is 446 g/mol. The van der Waals surface area contributed by atoms with E-state index >= 15 is 0 Å². The summed E-state index contributed by atoms with van der Waals surface area (Å²) in [6.07, 6.45) is 1.16. The molecule has 0 atom stereocenters. The molecule has 0 saturated carbocycles. The second-order valence-corrected chi connectivity index (χ2v) is 9.68. The molecule has 0 aliphatic carbocycles. The Morgan fingerprint density at radius 3 is 2.52 bits per heavy atom. The van der Waals surface area contributed by atoms with Gasteiger partial charge in [-0.25, -0.2) is 12.8 Å². The third-order valence-corrected chi connectivity index (χ3v) is 7.35. The molecule has 0 amide bonds. The lowest BCUT2D eigenvalue weighted by atomic mass is 9.98. The second kappa shape index (κ2) is 8.76. The second-order valence-electron chi connectivity index (χ2n) is 7.74. The van der Waals surface area contributed by atoms with Gasteiger partial charge in [0.1, 0.15) is 11.6 Å². The van der Waals surface area contributed by atoms with Crippen molar-refractivity contribution in [1.29, 1.82) is 0 Å². The number of piperidine rings is 1. The van der Waals surface area contributed by atoms with Crippen LogP contribution in [0.4, 0.5) is 4.39 Å². The third-order valence-electron chi connectivity index (χ3n) is 5.45. The minimum atomic E-state index is -3.66. The fourth-order valence-electron chi connectivity index (χ4n) is 3.55. The van der Waals surface area contributed by atoms with E-state index in [1.807, 2.05) is 31.2 Å². The number of ether oxygens (including phenoxy) is 1. The van der Waals surface area contributed by atoms with Crippen molar-refractivity contribution in [2.45, 2.75) is 44.1 Å². The van der Waals surface area contributed by atoms with E-state index in [0.29, 0.717) is 43.2 Å². The molecule has 0 unspecified atom stereocenters. The van der Waals surface area contributed by atoms with E-state index in [4.69, 9.17) is 9.26 Å². The van der Waals surface area contributed by atoms with Crippen molar-refractivity contribution < 1.29 is 22.1 Å². The molecule has 2 heterocycles. The van der Waals surface area contributed by atoms with Gasteiger partial charge in [0, 0.05) is 19.0 Å². The standard InChI is InChI=1S/C22H24FN3O4S/c1-15-3-5-18(6-4-15)29-14-21-24-22(25-30-21)17-9-11-26(12-10-17)31(27,28)19-7-8-20(23)16(2)13-19/h3-8,13,17H,9-12,14H2,1-2H3. The number of nitrogens with zero attached hydrogens (tertiary/aromatic N) is 3. The molecule has 0 radical (unpaired) electrons. The summed E-state index contributed by atoms with van der Waals surface area (Å²) in [4.78, 5) is 4.53. The van der Waals surface area contributed by atoms with E-state index < -0.39 is 15.8 Å². The highest BCUT2D eigenvalue weighted by Gasteiger charge is 2.32. The number of hydrogen-bond donors (Lipinski definition) is 0. The van der Waals surface area contributed by atoms with Crippen molar-refractivity contribution in [3.8, 4) is 5.75 Å². The van der Waals surface area contributed by atoms with Crippen molar-refractivity contribution >= 4 is 10.0 Å². The first-order valence-electron chi connectivity index (χ1n) is 10.1. The minimum Gasteiger partial charge on any atom is -0.484 e. The molecule has 31 heavy (non-hydrogen) atoms. The van der Waals surface area contributed by atoms with Crippen molar-refractivity contribution in [3.63, 3.8) is 0 Å². The number of halogens is 1. The van der Waals surface area contributed by atoms with Gasteiger partial charge < -0.3 is 9.26 Å². The molecule has 1 aliphatic rings. The van der Waals surface area contributed by atoms with Crippen LogP contribution in [0.15, 0.2) is 51.9 Å². The Kier molecular flexibility index (Phi) is 6.06. The van der Waals surface area contributed by atoms with Gasteiger partial charge in [0.05, 0.1) is 4.90 Å². The topological polar surface area (TPSA) is 85.5 Å². The van der Waals surface area contributed by atoms with E-state index in [-0.39, 0.29) is 17.4 Å². The molecular formula is C22H24FN3O4S. The van der Waals surface area contributed by atoms with Crippen LogP contribution in [0.3, 0.4) is 0 Å². The summed E-state index contributed by atoms with van der Waals surface area (Å²) >= 11 is 0. The summed E-state index contributed by atoms with van der Waals surface area (Å²) in [6, 6.07) is 11.6. The Morgan fingerprint density at radius 2 is 1.84 bits per heavy atom. The first kappa shape index (κ1) is 21.5. The average Bonchev–Trinajstić information content (AvgIpc) is 3.24. The number of sulfonamides is 1. The van der Waals surface area contributed by atoms with Crippen LogP contribution in [0.25, 0.3) is 0 Å². The third kappa shape index (κ3) is 4.77. The van der Waals surface area contributed by atoms with E-state index in [2.05, 4.69) is 10.1 Å². The predicted molar refractivity (Wildman–Crippen MR) is 112 cm³/mol. The van der Waals surface area contributed by atoms with E-state index in [1.165, 1.54) is 22.5 Å². The Bertz CT molecular complexity index is 1150. The highest BCUT2D eigenvalue weighted by Crippen LogP contribution is 2.30. The number of aryl methyl sites for hydroxylation is 2. The Labute approximate surface area is 180 Å².